The van der Waals surface area contributed by atoms with Gasteiger partial charge in [0, 0.05) is 23.6 Å². The minimum absolute atomic E-state index is 0.377. The molecule has 1 aromatic heterocycles. The molecule has 0 fully saturated rings. The first kappa shape index (κ1) is 26.6. The number of aromatic nitrogens is 2. The zero-order valence-corrected chi connectivity index (χ0v) is 22.4. The normalized spacial score (nSPS) is 11.0. The predicted molar refractivity (Wildman–Crippen MR) is 156 cm³/mol. The molecule has 0 saturated carbocycles. The fraction of sp³-hybridized carbons (Fsp3) is 0.172. The van der Waals surface area contributed by atoms with Gasteiger partial charge in [0.25, 0.3) is 0 Å². The van der Waals surface area contributed by atoms with Crippen LogP contribution >= 0.6 is 12.2 Å². The fourth-order valence-electron chi connectivity index (χ4n) is 3.59. The van der Waals surface area contributed by atoms with Gasteiger partial charge >= 0.3 is 0 Å². The lowest BCUT2D eigenvalue weighted by Gasteiger charge is -2.15. The van der Waals surface area contributed by atoms with Crippen LogP contribution in [-0.2, 0) is 6.42 Å². The first-order valence-corrected chi connectivity index (χ1v) is 12.6. The molecule has 0 aliphatic rings. The Kier molecular flexibility index (Phi) is 9.20. The SMILES string of the molecule is COc1ccc(CCN=C(NC(=S)Nc2ccc(Oc3ccccc3)cc2)Nc2nc(C)cc(C)n2)cc1. The first-order chi connectivity index (χ1) is 18.5. The van der Waals surface area contributed by atoms with Crippen LogP contribution in [0.5, 0.6) is 17.2 Å². The average molecular weight is 527 g/mol. The highest BCUT2D eigenvalue weighted by molar-refractivity contribution is 7.80. The van der Waals surface area contributed by atoms with E-state index < -0.39 is 0 Å². The molecule has 0 spiro atoms. The van der Waals surface area contributed by atoms with Crippen molar-refractivity contribution in [3.05, 3.63) is 102 Å². The zero-order valence-electron chi connectivity index (χ0n) is 21.6. The first-order valence-electron chi connectivity index (χ1n) is 12.1. The van der Waals surface area contributed by atoms with Gasteiger partial charge < -0.3 is 20.1 Å². The summed E-state index contributed by atoms with van der Waals surface area (Å²) in [6, 6.07) is 27.0. The van der Waals surface area contributed by atoms with E-state index in [1.165, 1.54) is 0 Å². The third-order valence-corrected chi connectivity index (χ3v) is 5.57. The molecule has 38 heavy (non-hydrogen) atoms. The monoisotopic (exact) mass is 526 g/mol. The largest absolute Gasteiger partial charge is 0.497 e. The van der Waals surface area contributed by atoms with E-state index in [0.717, 1.165) is 46.3 Å². The topological polar surface area (TPSA) is 92.7 Å². The van der Waals surface area contributed by atoms with Crippen molar-refractivity contribution in [3.8, 4) is 17.2 Å². The van der Waals surface area contributed by atoms with Crippen LogP contribution in [0.25, 0.3) is 0 Å². The van der Waals surface area contributed by atoms with Gasteiger partial charge in [-0.2, -0.15) is 0 Å². The van der Waals surface area contributed by atoms with Crippen molar-refractivity contribution in [1.29, 1.82) is 0 Å². The van der Waals surface area contributed by atoms with Crippen LogP contribution in [0, 0.1) is 13.8 Å². The Balaban J connectivity index is 1.40. The number of rotatable bonds is 8. The number of anilines is 2. The highest BCUT2D eigenvalue weighted by atomic mass is 32.1. The standard InChI is InChI=1S/C29H30N6O2S/c1-20-19-21(2)32-28(31-20)34-27(30-18-17-22-9-13-24(36-3)14-10-22)35-29(38)33-23-11-15-26(16-12-23)37-25-7-5-4-6-8-25/h4-16,19H,17-18H2,1-3H3,(H3,30,31,32,33,34,35,38). The molecule has 0 saturated heterocycles. The van der Waals surface area contributed by atoms with Crippen LogP contribution in [0.1, 0.15) is 17.0 Å². The van der Waals surface area contributed by atoms with E-state index in [2.05, 4.69) is 25.9 Å². The Morgan fingerprint density at radius 2 is 1.45 bits per heavy atom. The maximum atomic E-state index is 5.86. The van der Waals surface area contributed by atoms with Crippen LogP contribution in [0.2, 0.25) is 0 Å². The quantitative estimate of drug-likeness (QED) is 0.149. The highest BCUT2D eigenvalue weighted by Gasteiger charge is 2.08. The summed E-state index contributed by atoms with van der Waals surface area (Å²) in [6.07, 6.45) is 0.744. The summed E-state index contributed by atoms with van der Waals surface area (Å²) in [6.45, 7) is 4.37. The molecular formula is C29H30N6O2S. The molecule has 8 nitrogen and oxygen atoms in total. The number of hydrogen-bond acceptors (Lipinski definition) is 6. The van der Waals surface area contributed by atoms with Gasteiger partial charge in [-0.1, -0.05) is 30.3 Å². The van der Waals surface area contributed by atoms with Crippen LogP contribution in [-0.4, -0.2) is 34.7 Å². The van der Waals surface area contributed by atoms with Crippen LogP contribution in [0.15, 0.2) is 89.9 Å². The Hall–Kier alpha value is -4.50. The van der Waals surface area contributed by atoms with Crippen molar-refractivity contribution >= 4 is 34.9 Å². The summed E-state index contributed by atoms with van der Waals surface area (Å²) < 4.78 is 11.1. The van der Waals surface area contributed by atoms with Gasteiger partial charge in [0.05, 0.1) is 7.11 Å². The summed E-state index contributed by atoms with van der Waals surface area (Å²) in [5, 5.41) is 9.87. The number of benzene rings is 3. The molecule has 4 aromatic rings. The third kappa shape index (κ3) is 8.28. The molecule has 3 N–H and O–H groups in total. The number of aryl methyl sites for hydroxylation is 2. The van der Waals surface area contributed by atoms with Crippen molar-refractivity contribution in [1.82, 2.24) is 15.3 Å². The highest BCUT2D eigenvalue weighted by Crippen LogP contribution is 2.22. The molecular weight excluding hydrogens is 496 g/mol. The molecule has 0 atom stereocenters. The number of thiocarbonyl (C=S) groups is 1. The maximum Gasteiger partial charge on any atom is 0.229 e. The second-order valence-corrected chi connectivity index (χ2v) is 8.85. The number of aliphatic imine (C=N–C) groups is 1. The van der Waals surface area contributed by atoms with Crippen molar-refractivity contribution in [3.63, 3.8) is 0 Å². The summed E-state index contributed by atoms with van der Waals surface area (Å²) in [4.78, 5) is 13.6. The molecule has 0 radical (unpaired) electrons. The number of nitrogens with zero attached hydrogens (tertiary/aromatic N) is 3. The summed E-state index contributed by atoms with van der Waals surface area (Å²) in [7, 11) is 1.65. The Morgan fingerprint density at radius 3 is 2.11 bits per heavy atom. The number of methoxy groups -OCH3 is 1. The summed E-state index contributed by atoms with van der Waals surface area (Å²) in [5.41, 5.74) is 3.67. The van der Waals surface area contributed by atoms with Gasteiger partial charge in [-0.25, -0.2) is 9.97 Å². The second kappa shape index (κ2) is 13.2. The predicted octanol–water partition coefficient (Wildman–Crippen LogP) is 5.89. The Bertz CT molecular complexity index is 1360. The van der Waals surface area contributed by atoms with Crippen LogP contribution < -0.4 is 25.4 Å². The number of nitrogens with one attached hydrogen (secondary N) is 3. The van der Waals surface area contributed by atoms with Gasteiger partial charge in [-0.15, -0.1) is 0 Å². The molecule has 0 aliphatic carbocycles. The Labute approximate surface area is 228 Å². The number of hydrogen-bond donors (Lipinski definition) is 3. The molecule has 3 aromatic carbocycles. The van der Waals surface area contributed by atoms with Gasteiger partial charge in [0.15, 0.2) is 5.11 Å². The molecule has 4 rings (SSSR count). The zero-order chi connectivity index (χ0) is 26.7. The van der Waals surface area contributed by atoms with E-state index in [4.69, 9.17) is 26.7 Å². The van der Waals surface area contributed by atoms with E-state index in [1.54, 1.807) is 7.11 Å². The number of ether oxygens (including phenoxy) is 2. The minimum Gasteiger partial charge on any atom is -0.497 e. The molecule has 0 amide bonds. The van der Waals surface area contributed by atoms with Crippen LogP contribution in [0.3, 0.4) is 0 Å². The lowest BCUT2D eigenvalue weighted by molar-refractivity contribution is 0.414. The third-order valence-electron chi connectivity index (χ3n) is 5.36. The number of guanidine groups is 1. The smallest absolute Gasteiger partial charge is 0.229 e. The molecule has 0 unspecified atom stereocenters. The lowest BCUT2D eigenvalue weighted by Crippen LogP contribution is -2.39. The van der Waals surface area contributed by atoms with E-state index in [9.17, 15) is 0 Å². The van der Waals surface area contributed by atoms with Crippen molar-refractivity contribution in [2.75, 3.05) is 24.3 Å². The summed E-state index contributed by atoms with van der Waals surface area (Å²) >= 11 is 5.56. The minimum atomic E-state index is 0.377. The molecule has 9 heteroatoms. The molecule has 0 bridgehead atoms. The molecule has 0 aliphatic heterocycles. The van der Waals surface area contributed by atoms with Crippen molar-refractivity contribution in [2.24, 2.45) is 4.99 Å². The number of para-hydroxylation sites is 1. The van der Waals surface area contributed by atoms with Gasteiger partial charge in [0.2, 0.25) is 11.9 Å². The van der Waals surface area contributed by atoms with Crippen molar-refractivity contribution in [2.45, 2.75) is 20.3 Å². The maximum absolute atomic E-state index is 5.86. The molecule has 1 heterocycles. The van der Waals surface area contributed by atoms with Gasteiger partial charge in [0.1, 0.15) is 17.2 Å². The summed E-state index contributed by atoms with van der Waals surface area (Å²) in [5.74, 6) is 3.23. The van der Waals surface area contributed by atoms with Crippen molar-refractivity contribution < 1.29 is 9.47 Å². The second-order valence-electron chi connectivity index (χ2n) is 8.45. The van der Waals surface area contributed by atoms with Gasteiger partial charge in [-0.05, 0) is 92.6 Å². The lowest BCUT2D eigenvalue weighted by atomic mass is 10.1. The molecule has 194 valence electrons. The van der Waals surface area contributed by atoms with E-state index in [1.807, 2.05) is 98.8 Å². The van der Waals surface area contributed by atoms with E-state index in [-0.39, 0.29) is 0 Å². The Morgan fingerprint density at radius 1 is 0.816 bits per heavy atom. The average Bonchev–Trinajstić information content (AvgIpc) is 2.90. The fourth-order valence-corrected chi connectivity index (χ4v) is 3.80. The van der Waals surface area contributed by atoms with Crippen LogP contribution in [0.4, 0.5) is 11.6 Å². The van der Waals surface area contributed by atoms with E-state index >= 15 is 0 Å². The van der Waals surface area contributed by atoms with E-state index in [0.29, 0.717) is 23.6 Å². The van der Waals surface area contributed by atoms with Gasteiger partial charge in [-0.3, -0.25) is 10.3 Å².